The lowest BCUT2D eigenvalue weighted by molar-refractivity contribution is 0.380. The van der Waals surface area contributed by atoms with Crippen LogP contribution in [0.4, 0.5) is 0 Å². The van der Waals surface area contributed by atoms with Gasteiger partial charge in [0.05, 0.1) is 11.8 Å². The lowest BCUT2D eigenvalue weighted by Crippen LogP contribution is -2.31. The minimum atomic E-state index is -3.26. The molecule has 102 valence electrons. The largest absolute Gasteiger partial charge is 0.508 e. The SMILES string of the molecule is CCCCS(=O)(=O)N(C)C(C)c1ccccc1O. The highest BCUT2D eigenvalue weighted by Crippen LogP contribution is 2.28. The summed E-state index contributed by atoms with van der Waals surface area (Å²) in [7, 11) is -1.71. The third-order valence-corrected chi connectivity index (χ3v) is 5.13. The summed E-state index contributed by atoms with van der Waals surface area (Å²) in [5.41, 5.74) is 0.625. The predicted octanol–water partition coefficient (Wildman–Crippen LogP) is 2.51. The Hall–Kier alpha value is -1.07. The van der Waals surface area contributed by atoms with Crippen LogP contribution in [0.3, 0.4) is 0 Å². The molecule has 1 rings (SSSR count). The second kappa shape index (κ2) is 6.20. The third-order valence-electron chi connectivity index (χ3n) is 3.13. The molecule has 4 nitrogen and oxygen atoms in total. The van der Waals surface area contributed by atoms with Gasteiger partial charge in [0.1, 0.15) is 5.75 Å². The number of hydrogen-bond donors (Lipinski definition) is 1. The molecule has 0 radical (unpaired) electrons. The van der Waals surface area contributed by atoms with Gasteiger partial charge in [-0.3, -0.25) is 0 Å². The molecule has 0 aliphatic rings. The fraction of sp³-hybridized carbons (Fsp3) is 0.538. The second-order valence-electron chi connectivity index (χ2n) is 4.42. The number of sulfonamides is 1. The van der Waals surface area contributed by atoms with E-state index in [0.717, 1.165) is 6.42 Å². The number of unbranched alkanes of at least 4 members (excludes halogenated alkanes) is 1. The van der Waals surface area contributed by atoms with Crippen LogP contribution in [-0.4, -0.2) is 30.6 Å². The summed E-state index contributed by atoms with van der Waals surface area (Å²) in [5, 5.41) is 9.75. The third kappa shape index (κ3) is 3.46. The van der Waals surface area contributed by atoms with Crippen molar-refractivity contribution < 1.29 is 13.5 Å². The van der Waals surface area contributed by atoms with Gasteiger partial charge in [-0.1, -0.05) is 31.5 Å². The van der Waals surface area contributed by atoms with Crippen molar-refractivity contribution in [2.45, 2.75) is 32.7 Å². The average molecular weight is 271 g/mol. The maximum Gasteiger partial charge on any atom is 0.214 e. The standard InChI is InChI=1S/C13H21NO3S/c1-4-5-10-18(16,17)14(3)11(2)12-8-6-7-9-13(12)15/h6-9,11,15H,4-5,10H2,1-3H3. The zero-order valence-electron chi connectivity index (χ0n) is 11.1. The van der Waals surface area contributed by atoms with Gasteiger partial charge < -0.3 is 5.11 Å². The van der Waals surface area contributed by atoms with Crippen molar-refractivity contribution >= 4 is 10.0 Å². The van der Waals surface area contributed by atoms with E-state index < -0.39 is 10.0 Å². The van der Waals surface area contributed by atoms with E-state index in [4.69, 9.17) is 0 Å². The van der Waals surface area contributed by atoms with Gasteiger partial charge in [-0.25, -0.2) is 8.42 Å². The van der Waals surface area contributed by atoms with Crippen molar-refractivity contribution in [1.82, 2.24) is 4.31 Å². The van der Waals surface area contributed by atoms with Gasteiger partial charge in [-0.05, 0) is 19.4 Å². The molecule has 0 aliphatic carbocycles. The monoisotopic (exact) mass is 271 g/mol. The Bertz CT molecular complexity index is 485. The molecule has 0 fully saturated rings. The van der Waals surface area contributed by atoms with Crippen molar-refractivity contribution in [2.75, 3.05) is 12.8 Å². The van der Waals surface area contributed by atoms with E-state index >= 15 is 0 Å². The van der Waals surface area contributed by atoms with Crippen molar-refractivity contribution in [3.05, 3.63) is 29.8 Å². The average Bonchev–Trinajstić information content (AvgIpc) is 2.35. The van der Waals surface area contributed by atoms with Crippen molar-refractivity contribution in [3.63, 3.8) is 0 Å². The molecule has 1 N–H and O–H groups in total. The van der Waals surface area contributed by atoms with Gasteiger partial charge in [0.2, 0.25) is 10.0 Å². The van der Waals surface area contributed by atoms with Crippen LogP contribution < -0.4 is 0 Å². The number of phenolic OH excluding ortho intramolecular Hbond substituents is 1. The van der Waals surface area contributed by atoms with E-state index in [1.807, 2.05) is 6.92 Å². The molecule has 0 aromatic heterocycles. The summed E-state index contributed by atoms with van der Waals surface area (Å²) < 4.78 is 25.5. The molecule has 0 saturated carbocycles. The maximum absolute atomic E-state index is 12.1. The van der Waals surface area contributed by atoms with Crippen LogP contribution in [0.25, 0.3) is 0 Å². The van der Waals surface area contributed by atoms with E-state index in [9.17, 15) is 13.5 Å². The molecule has 0 bridgehead atoms. The fourth-order valence-electron chi connectivity index (χ4n) is 1.75. The normalized spacial score (nSPS) is 13.8. The molecule has 1 atom stereocenters. The Morgan fingerprint density at radius 1 is 1.33 bits per heavy atom. The first-order chi connectivity index (χ1) is 8.40. The summed E-state index contributed by atoms with van der Waals surface area (Å²) in [5.74, 6) is 0.278. The van der Waals surface area contributed by atoms with Crippen molar-refractivity contribution in [2.24, 2.45) is 0 Å². The molecular weight excluding hydrogens is 250 g/mol. The number of phenols is 1. The van der Waals surface area contributed by atoms with E-state index in [0.29, 0.717) is 12.0 Å². The summed E-state index contributed by atoms with van der Waals surface area (Å²) >= 11 is 0. The molecule has 0 heterocycles. The van der Waals surface area contributed by atoms with Gasteiger partial charge in [0.15, 0.2) is 0 Å². The highest BCUT2D eigenvalue weighted by atomic mass is 32.2. The quantitative estimate of drug-likeness (QED) is 0.865. The maximum atomic E-state index is 12.1. The highest BCUT2D eigenvalue weighted by Gasteiger charge is 2.25. The van der Waals surface area contributed by atoms with Crippen LogP contribution in [0.1, 0.15) is 38.3 Å². The van der Waals surface area contributed by atoms with Gasteiger partial charge in [0, 0.05) is 12.6 Å². The van der Waals surface area contributed by atoms with E-state index in [1.165, 1.54) is 4.31 Å². The Morgan fingerprint density at radius 3 is 2.50 bits per heavy atom. The van der Waals surface area contributed by atoms with Crippen molar-refractivity contribution in [1.29, 1.82) is 0 Å². The van der Waals surface area contributed by atoms with Gasteiger partial charge in [-0.15, -0.1) is 0 Å². The first-order valence-electron chi connectivity index (χ1n) is 6.13. The van der Waals surface area contributed by atoms with Crippen LogP contribution >= 0.6 is 0 Å². The fourth-order valence-corrected chi connectivity index (χ4v) is 3.29. The summed E-state index contributed by atoms with van der Waals surface area (Å²) in [6.45, 7) is 3.74. The second-order valence-corrected chi connectivity index (χ2v) is 6.57. The van der Waals surface area contributed by atoms with Crippen LogP contribution in [0.5, 0.6) is 5.75 Å². The number of benzene rings is 1. The van der Waals surface area contributed by atoms with E-state index in [-0.39, 0.29) is 17.5 Å². The molecule has 1 aromatic rings. The minimum absolute atomic E-state index is 0.127. The van der Waals surface area contributed by atoms with E-state index in [1.54, 1.807) is 38.2 Å². The Labute approximate surface area is 109 Å². The Morgan fingerprint density at radius 2 is 1.94 bits per heavy atom. The molecule has 1 unspecified atom stereocenters. The smallest absolute Gasteiger partial charge is 0.214 e. The molecule has 0 aliphatic heterocycles. The summed E-state index contributed by atoms with van der Waals surface area (Å²) in [6.07, 6.45) is 1.50. The zero-order chi connectivity index (χ0) is 13.8. The molecule has 0 saturated heterocycles. The van der Waals surface area contributed by atoms with Gasteiger partial charge >= 0.3 is 0 Å². The van der Waals surface area contributed by atoms with Crippen LogP contribution in [-0.2, 0) is 10.0 Å². The molecular formula is C13H21NO3S. The van der Waals surface area contributed by atoms with Crippen LogP contribution in [0.2, 0.25) is 0 Å². The molecule has 0 spiro atoms. The Balaban J connectivity index is 2.91. The number of hydrogen-bond acceptors (Lipinski definition) is 3. The van der Waals surface area contributed by atoms with Crippen LogP contribution in [0.15, 0.2) is 24.3 Å². The molecule has 18 heavy (non-hydrogen) atoms. The highest BCUT2D eigenvalue weighted by molar-refractivity contribution is 7.89. The first-order valence-corrected chi connectivity index (χ1v) is 7.74. The minimum Gasteiger partial charge on any atom is -0.508 e. The predicted molar refractivity (Wildman–Crippen MR) is 73.0 cm³/mol. The number of para-hydroxylation sites is 1. The van der Waals surface area contributed by atoms with Gasteiger partial charge in [-0.2, -0.15) is 4.31 Å². The lowest BCUT2D eigenvalue weighted by Gasteiger charge is -2.25. The van der Waals surface area contributed by atoms with Crippen LogP contribution in [0, 0.1) is 0 Å². The van der Waals surface area contributed by atoms with E-state index in [2.05, 4.69) is 0 Å². The van der Waals surface area contributed by atoms with Gasteiger partial charge in [0.25, 0.3) is 0 Å². The first kappa shape index (κ1) is 15.0. The van der Waals surface area contributed by atoms with Crippen molar-refractivity contribution in [3.8, 4) is 5.75 Å². The topological polar surface area (TPSA) is 57.6 Å². The summed E-state index contributed by atoms with van der Waals surface area (Å²) in [6, 6.07) is 6.45. The lowest BCUT2D eigenvalue weighted by atomic mass is 10.1. The molecule has 5 heteroatoms. The Kier molecular flexibility index (Phi) is 5.16. The zero-order valence-corrected chi connectivity index (χ0v) is 11.9. The molecule has 0 amide bonds. The molecule has 1 aromatic carbocycles. The summed E-state index contributed by atoms with van der Waals surface area (Å²) in [4.78, 5) is 0. The number of nitrogens with zero attached hydrogens (tertiary/aromatic N) is 1. The number of aromatic hydroxyl groups is 1. The number of rotatable bonds is 6.